The van der Waals surface area contributed by atoms with Gasteiger partial charge in [0.05, 0.1) is 5.56 Å². The van der Waals surface area contributed by atoms with Crippen LogP contribution in [0.4, 0.5) is 0 Å². The van der Waals surface area contributed by atoms with Gasteiger partial charge in [-0.25, -0.2) is 0 Å². The predicted molar refractivity (Wildman–Crippen MR) is 101 cm³/mol. The number of carbonyl (C=O) groups is 1. The largest absolute Gasteiger partial charge is 0.447 e. The number of fused-ring (bicyclic) bond motifs is 3. The predicted octanol–water partition coefficient (Wildman–Crippen LogP) is 3.62. The molecular formula is C20H21N3O2S. The van der Waals surface area contributed by atoms with Gasteiger partial charge in [0.15, 0.2) is 5.06 Å². The number of piperidine rings is 3. The van der Waals surface area contributed by atoms with Gasteiger partial charge in [0.25, 0.3) is 5.91 Å². The van der Waals surface area contributed by atoms with Crippen LogP contribution < -0.4 is 10.1 Å². The highest BCUT2D eigenvalue weighted by molar-refractivity contribution is 7.12. The molecule has 2 atom stereocenters. The van der Waals surface area contributed by atoms with Crippen molar-refractivity contribution >= 4 is 17.2 Å². The van der Waals surface area contributed by atoms with Crippen molar-refractivity contribution in [1.29, 1.82) is 5.26 Å². The molecule has 134 valence electrons. The number of amides is 1. The van der Waals surface area contributed by atoms with E-state index >= 15 is 0 Å². The highest BCUT2D eigenvalue weighted by Gasteiger charge is 2.40. The Bertz CT molecular complexity index is 829. The zero-order chi connectivity index (χ0) is 18.1. The summed E-state index contributed by atoms with van der Waals surface area (Å²) < 4.78 is 5.73. The van der Waals surface area contributed by atoms with Crippen LogP contribution in [-0.4, -0.2) is 36.0 Å². The Morgan fingerprint density at radius 1 is 1.31 bits per heavy atom. The standard InChI is InChI=1S/C20H21N3O2S/c1-13-19(15-6-8-23(13)9-7-15)22-20(24)16-2-4-17(5-3-16)25-18-10-14(11-21)12-26-18/h2-5,10,12-13,15,19H,6-9H2,1H3,(H,22,24)/t13-,19-/m0/s1. The second kappa shape index (κ2) is 7.10. The van der Waals surface area contributed by atoms with Crippen molar-refractivity contribution in [3.05, 3.63) is 46.8 Å². The van der Waals surface area contributed by atoms with Gasteiger partial charge in [-0.15, -0.1) is 11.3 Å². The fourth-order valence-corrected chi connectivity index (χ4v) is 4.70. The van der Waals surface area contributed by atoms with Gasteiger partial charge in [-0.2, -0.15) is 5.26 Å². The van der Waals surface area contributed by atoms with Crippen LogP contribution in [0.3, 0.4) is 0 Å². The van der Waals surface area contributed by atoms with E-state index in [2.05, 4.69) is 23.2 Å². The summed E-state index contributed by atoms with van der Waals surface area (Å²) in [5, 5.41) is 14.5. The molecule has 3 aliphatic rings. The highest BCUT2D eigenvalue weighted by atomic mass is 32.1. The molecular weight excluding hydrogens is 346 g/mol. The normalized spacial score (nSPS) is 26.9. The Morgan fingerprint density at radius 3 is 2.65 bits per heavy atom. The molecule has 0 radical (unpaired) electrons. The summed E-state index contributed by atoms with van der Waals surface area (Å²) in [6.07, 6.45) is 2.35. The minimum absolute atomic E-state index is 0.0231. The first-order valence-corrected chi connectivity index (χ1v) is 9.83. The van der Waals surface area contributed by atoms with Gasteiger partial charge in [0, 0.05) is 29.1 Å². The average molecular weight is 367 g/mol. The van der Waals surface area contributed by atoms with Crippen LogP contribution in [0.2, 0.25) is 0 Å². The van der Waals surface area contributed by atoms with Crippen molar-refractivity contribution in [2.24, 2.45) is 5.92 Å². The molecule has 3 aliphatic heterocycles. The van der Waals surface area contributed by atoms with Crippen LogP contribution in [0.15, 0.2) is 35.7 Å². The van der Waals surface area contributed by atoms with Gasteiger partial charge in [-0.05, 0) is 63.0 Å². The van der Waals surface area contributed by atoms with Gasteiger partial charge < -0.3 is 10.1 Å². The summed E-state index contributed by atoms with van der Waals surface area (Å²) in [5.41, 5.74) is 1.23. The fourth-order valence-electron chi connectivity index (χ4n) is 4.00. The molecule has 1 amide bonds. The van der Waals surface area contributed by atoms with E-state index in [1.807, 2.05) is 0 Å². The number of rotatable bonds is 4. The Balaban J connectivity index is 1.40. The maximum atomic E-state index is 12.6. The van der Waals surface area contributed by atoms with E-state index in [0.717, 1.165) is 13.1 Å². The Morgan fingerprint density at radius 2 is 2.04 bits per heavy atom. The number of ether oxygens (including phenoxy) is 1. The minimum Gasteiger partial charge on any atom is -0.447 e. The average Bonchev–Trinajstić information content (AvgIpc) is 3.13. The quantitative estimate of drug-likeness (QED) is 0.896. The van der Waals surface area contributed by atoms with E-state index < -0.39 is 0 Å². The van der Waals surface area contributed by atoms with Crippen molar-refractivity contribution < 1.29 is 9.53 Å². The fraction of sp³-hybridized carbons (Fsp3) is 0.400. The lowest BCUT2D eigenvalue weighted by atomic mass is 9.79. The van der Waals surface area contributed by atoms with Crippen molar-refractivity contribution in [1.82, 2.24) is 10.2 Å². The summed E-state index contributed by atoms with van der Waals surface area (Å²) in [4.78, 5) is 15.1. The van der Waals surface area contributed by atoms with E-state index in [9.17, 15) is 4.79 Å². The molecule has 3 fully saturated rings. The first-order valence-electron chi connectivity index (χ1n) is 8.95. The Kier molecular flexibility index (Phi) is 4.66. The molecule has 5 nitrogen and oxygen atoms in total. The third-order valence-electron chi connectivity index (χ3n) is 5.51. The Labute approximate surface area is 157 Å². The molecule has 2 aromatic rings. The van der Waals surface area contributed by atoms with E-state index in [1.165, 1.54) is 24.2 Å². The Hall–Kier alpha value is -2.36. The summed E-state index contributed by atoms with van der Waals surface area (Å²) in [5.74, 6) is 1.23. The van der Waals surface area contributed by atoms with Crippen molar-refractivity contribution in [2.75, 3.05) is 13.1 Å². The van der Waals surface area contributed by atoms with Crippen LogP contribution in [0, 0.1) is 17.2 Å². The smallest absolute Gasteiger partial charge is 0.251 e. The van der Waals surface area contributed by atoms with Crippen LogP contribution in [0.5, 0.6) is 10.8 Å². The molecule has 26 heavy (non-hydrogen) atoms. The molecule has 0 saturated carbocycles. The van der Waals surface area contributed by atoms with Crippen LogP contribution in [-0.2, 0) is 0 Å². The van der Waals surface area contributed by atoms with Crippen LogP contribution in [0.25, 0.3) is 0 Å². The lowest BCUT2D eigenvalue weighted by Gasteiger charge is -2.49. The summed E-state index contributed by atoms with van der Waals surface area (Å²) >= 11 is 1.38. The highest BCUT2D eigenvalue weighted by Crippen LogP contribution is 2.32. The van der Waals surface area contributed by atoms with Gasteiger partial charge in [-0.1, -0.05) is 0 Å². The number of nitriles is 1. The second-order valence-corrected chi connectivity index (χ2v) is 7.88. The van der Waals surface area contributed by atoms with Crippen LogP contribution >= 0.6 is 11.3 Å². The third-order valence-corrected chi connectivity index (χ3v) is 6.32. The zero-order valence-electron chi connectivity index (χ0n) is 14.6. The van der Waals surface area contributed by atoms with E-state index in [4.69, 9.17) is 10.00 Å². The van der Waals surface area contributed by atoms with Crippen molar-refractivity contribution in [3.63, 3.8) is 0 Å². The number of carbonyl (C=O) groups excluding carboxylic acids is 1. The maximum absolute atomic E-state index is 12.6. The first-order chi connectivity index (χ1) is 12.6. The number of hydrogen-bond donors (Lipinski definition) is 1. The molecule has 3 saturated heterocycles. The summed E-state index contributed by atoms with van der Waals surface area (Å²) in [6, 6.07) is 11.6. The van der Waals surface area contributed by atoms with Crippen molar-refractivity contribution in [2.45, 2.75) is 31.8 Å². The van der Waals surface area contributed by atoms with Gasteiger partial charge in [0.1, 0.15) is 11.8 Å². The molecule has 1 aromatic carbocycles. The maximum Gasteiger partial charge on any atom is 0.251 e. The van der Waals surface area contributed by atoms with Gasteiger partial charge >= 0.3 is 0 Å². The number of benzene rings is 1. The molecule has 0 spiro atoms. The lowest BCUT2D eigenvalue weighted by Crippen LogP contribution is -2.62. The van der Waals surface area contributed by atoms with Gasteiger partial charge in [0.2, 0.25) is 0 Å². The topological polar surface area (TPSA) is 65.4 Å². The minimum atomic E-state index is -0.0231. The molecule has 0 aliphatic carbocycles. The zero-order valence-corrected chi connectivity index (χ0v) is 15.5. The number of thiophene rings is 1. The molecule has 6 heteroatoms. The van der Waals surface area contributed by atoms with Gasteiger partial charge in [-0.3, -0.25) is 9.69 Å². The lowest BCUT2D eigenvalue weighted by molar-refractivity contribution is 0.0217. The molecule has 0 unspecified atom stereocenters. The summed E-state index contributed by atoms with van der Waals surface area (Å²) in [6.45, 7) is 4.52. The molecule has 1 N–H and O–H groups in total. The van der Waals surface area contributed by atoms with Crippen molar-refractivity contribution in [3.8, 4) is 16.9 Å². The number of hydrogen-bond acceptors (Lipinski definition) is 5. The molecule has 4 heterocycles. The second-order valence-electron chi connectivity index (χ2n) is 7.01. The van der Waals surface area contributed by atoms with E-state index in [0.29, 0.717) is 33.9 Å². The molecule has 2 bridgehead atoms. The van der Waals surface area contributed by atoms with Crippen LogP contribution in [0.1, 0.15) is 35.7 Å². The van der Waals surface area contributed by atoms with E-state index in [1.54, 1.807) is 35.7 Å². The first kappa shape index (κ1) is 17.1. The molecule has 5 rings (SSSR count). The SMILES string of the molecule is C[C@H]1[C@H](NC(=O)c2ccc(Oc3cc(C#N)cs3)cc2)C2CCN1CC2. The summed E-state index contributed by atoms with van der Waals surface area (Å²) in [7, 11) is 0. The number of nitrogens with one attached hydrogen (secondary N) is 1. The third kappa shape index (κ3) is 3.33. The number of nitrogens with zero attached hydrogens (tertiary/aromatic N) is 2. The monoisotopic (exact) mass is 367 g/mol. The van der Waals surface area contributed by atoms with E-state index in [-0.39, 0.29) is 11.9 Å². The molecule has 1 aromatic heterocycles.